The van der Waals surface area contributed by atoms with E-state index in [-0.39, 0.29) is 17.5 Å². The minimum atomic E-state index is -0.525. The van der Waals surface area contributed by atoms with Crippen molar-refractivity contribution in [1.29, 1.82) is 0 Å². The van der Waals surface area contributed by atoms with E-state index in [1.807, 2.05) is 0 Å². The molecule has 106 valence electrons. The van der Waals surface area contributed by atoms with Gasteiger partial charge in [-0.2, -0.15) is 0 Å². The Hall–Kier alpha value is -2.68. The van der Waals surface area contributed by atoms with Crippen molar-refractivity contribution in [1.82, 2.24) is 9.97 Å². The molecule has 0 amide bonds. The van der Waals surface area contributed by atoms with E-state index >= 15 is 0 Å². The van der Waals surface area contributed by atoms with Crippen LogP contribution in [0.15, 0.2) is 22.7 Å². The summed E-state index contributed by atoms with van der Waals surface area (Å²) in [6.07, 6.45) is 1.58. The molecule has 9 heteroatoms. The van der Waals surface area contributed by atoms with Crippen LogP contribution < -0.4 is 16.6 Å². The Kier molecular flexibility index (Phi) is 3.80. The van der Waals surface area contributed by atoms with E-state index in [2.05, 4.69) is 20.7 Å². The molecule has 2 heterocycles. The maximum atomic E-state index is 11.0. The molecule has 9 nitrogen and oxygen atoms in total. The van der Waals surface area contributed by atoms with Gasteiger partial charge in [-0.15, -0.1) is 0 Å². The summed E-state index contributed by atoms with van der Waals surface area (Å²) < 4.78 is 5.36. The number of hydrogen-bond acceptors (Lipinski definition) is 8. The highest BCUT2D eigenvalue weighted by Gasteiger charge is 2.20. The Bertz CT molecular complexity index is 626. The van der Waals surface area contributed by atoms with Gasteiger partial charge in [-0.3, -0.25) is 10.1 Å². The average molecular weight is 278 g/mol. The van der Waals surface area contributed by atoms with Crippen molar-refractivity contribution in [3.05, 3.63) is 40.1 Å². The third kappa shape index (κ3) is 2.83. The number of anilines is 2. The number of nitrogens with zero attached hydrogens (tertiary/aromatic N) is 3. The van der Waals surface area contributed by atoms with Gasteiger partial charge in [0.15, 0.2) is 0 Å². The molecule has 2 aromatic heterocycles. The van der Waals surface area contributed by atoms with E-state index < -0.39 is 4.92 Å². The van der Waals surface area contributed by atoms with Crippen LogP contribution in [0.25, 0.3) is 0 Å². The van der Waals surface area contributed by atoms with Crippen LogP contribution in [0, 0.1) is 17.0 Å². The van der Waals surface area contributed by atoms with E-state index in [9.17, 15) is 10.1 Å². The highest BCUT2D eigenvalue weighted by atomic mass is 16.6. The highest BCUT2D eigenvalue weighted by molar-refractivity contribution is 5.60. The second-order valence-corrected chi connectivity index (χ2v) is 4.14. The molecule has 0 bridgehead atoms. The van der Waals surface area contributed by atoms with Crippen molar-refractivity contribution in [3.8, 4) is 0 Å². The number of nitrogen functional groups attached to an aromatic ring is 1. The second kappa shape index (κ2) is 5.53. The Labute approximate surface area is 114 Å². The highest BCUT2D eigenvalue weighted by Crippen LogP contribution is 2.27. The number of nitro groups is 1. The van der Waals surface area contributed by atoms with Gasteiger partial charge in [0.1, 0.15) is 17.6 Å². The van der Waals surface area contributed by atoms with Crippen LogP contribution >= 0.6 is 0 Å². The molecule has 0 aliphatic carbocycles. The summed E-state index contributed by atoms with van der Waals surface area (Å²) >= 11 is 0. The molecule has 0 aromatic carbocycles. The van der Waals surface area contributed by atoms with Crippen molar-refractivity contribution in [2.24, 2.45) is 5.84 Å². The zero-order valence-corrected chi connectivity index (χ0v) is 11.0. The molecule has 0 saturated heterocycles. The fourth-order valence-electron chi connectivity index (χ4n) is 1.62. The SMILES string of the molecule is Cc1cnc(C(C)Nc2nc(NN)ccc2[N+](=O)[O-])o1. The number of hydrazine groups is 1. The summed E-state index contributed by atoms with van der Waals surface area (Å²) in [5.41, 5.74) is 2.18. The minimum absolute atomic E-state index is 0.0915. The van der Waals surface area contributed by atoms with Gasteiger partial charge in [0, 0.05) is 6.07 Å². The Morgan fingerprint density at radius 3 is 2.80 bits per heavy atom. The van der Waals surface area contributed by atoms with Crippen LogP contribution in [0.3, 0.4) is 0 Å². The predicted octanol–water partition coefficient (Wildman–Crippen LogP) is 1.74. The van der Waals surface area contributed by atoms with Crippen LogP contribution in [0.1, 0.15) is 24.6 Å². The quantitative estimate of drug-likeness (QED) is 0.428. The summed E-state index contributed by atoms with van der Waals surface area (Å²) in [6, 6.07) is 2.37. The van der Waals surface area contributed by atoms with Gasteiger partial charge in [0.2, 0.25) is 11.7 Å². The normalized spacial score (nSPS) is 11.9. The van der Waals surface area contributed by atoms with Crippen molar-refractivity contribution in [2.75, 3.05) is 10.7 Å². The number of nitrogens with two attached hydrogens (primary N) is 1. The number of rotatable bonds is 5. The molecule has 2 aromatic rings. The first-order chi connectivity index (χ1) is 9.51. The lowest BCUT2D eigenvalue weighted by Gasteiger charge is -2.12. The van der Waals surface area contributed by atoms with Gasteiger partial charge in [-0.1, -0.05) is 0 Å². The van der Waals surface area contributed by atoms with Crippen LogP contribution in [0.4, 0.5) is 17.3 Å². The fraction of sp³-hybridized carbons (Fsp3) is 0.273. The van der Waals surface area contributed by atoms with Gasteiger partial charge in [-0.25, -0.2) is 15.8 Å². The predicted molar refractivity (Wildman–Crippen MR) is 72.0 cm³/mol. The molecule has 0 fully saturated rings. The monoisotopic (exact) mass is 278 g/mol. The van der Waals surface area contributed by atoms with Crippen molar-refractivity contribution < 1.29 is 9.34 Å². The van der Waals surface area contributed by atoms with Crippen LogP contribution in [0.5, 0.6) is 0 Å². The third-order valence-electron chi connectivity index (χ3n) is 2.58. The van der Waals surface area contributed by atoms with Crippen molar-refractivity contribution in [2.45, 2.75) is 19.9 Å². The Balaban J connectivity index is 2.29. The molecule has 1 atom stereocenters. The number of aryl methyl sites for hydroxylation is 1. The smallest absolute Gasteiger partial charge is 0.311 e. The fourth-order valence-corrected chi connectivity index (χ4v) is 1.62. The van der Waals surface area contributed by atoms with Gasteiger partial charge in [0.05, 0.1) is 11.1 Å². The number of pyridine rings is 1. The molecular weight excluding hydrogens is 264 g/mol. The first kappa shape index (κ1) is 13.7. The summed E-state index contributed by atoms with van der Waals surface area (Å²) in [5, 5.41) is 13.9. The largest absolute Gasteiger partial charge is 0.444 e. The van der Waals surface area contributed by atoms with Crippen molar-refractivity contribution >= 4 is 17.3 Å². The third-order valence-corrected chi connectivity index (χ3v) is 2.58. The van der Waals surface area contributed by atoms with Gasteiger partial charge < -0.3 is 15.2 Å². The maximum Gasteiger partial charge on any atom is 0.311 e. The zero-order valence-electron chi connectivity index (χ0n) is 11.0. The summed E-state index contributed by atoms with van der Waals surface area (Å²) in [5.74, 6) is 6.74. The molecule has 0 aliphatic heterocycles. The summed E-state index contributed by atoms with van der Waals surface area (Å²) in [4.78, 5) is 18.5. The molecule has 1 unspecified atom stereocenters. The summed E-state index contributed by atoms with van der Waals surface area (Å²) in [7, 11) is 0. The molecule has 20 heavy (non-hydrogen) atoms. The van der Waals surface area contributed by atoms with E-state index in [1.165, 1.54) is 12.1 Å². The Morgan fingerprint density at radius 1 is 1.50 bits per heavy atom. The first-order valence-corrected chi connectivity index (χ1v) is 5.82. The lowest BCUT2D eigenvalue weighted by atomic mass is 10.3. The molecule has 0 spiro atoms. The van der Waals surface area contributed by atoms with Gasteiger partial charge in [-0.05, 0) is 19.9 Å². The molecule has 0 radical (unpaired) electrons. The second-order valence-electron chi connectivity index (χ2n) is 4.14. The number of nitrogens with one attached hydrogen (secondary N) is 2. The molecule has 0 saturated carbocycles. The lowest BCUT2D eigenvalue weighted by Crippen LogP contribution is -2.13. The van der Waals surface area contributed by atoms with E-state index in [4.69, 9.17) is 10.3 Å². The van der Waals surface area contributed by atoms with Crippen LogP contribution in [-0.4, -0.2) is 14.9 Å². The van der Waals surface area contributed by atoms with E-state index in [0.29, 0.717) is 17.5 Å². The van der Waals surface area contributed by atoms with Gasteiger partial charge in [0.25, 0.3) is 0 Å². The van der Waals surface area contributed by atoms with Crippen molar-refractivity contribution in [3.63, 3.8) is 0 Å². The van der Waals surface area contributed by atoms with E-state index in [1.54, 1.807) is 20.0 Å². The van der Waals surface area contributed by atoms with Gasteiger partial charge >= 0.3 is 5.69 Å². The van der Waals surface area contributed by atoms with E-state index in [0.717, 1.165) is 0 Å². The summed E-state index contributed by atoms with van der Waals surface area (Å²) in [6.45, 7) is 3.53. The lowest BCUT2D eigenvalue weighted by molar-refractivity contribution is -0.384. The first-order valence-electron chi connectivity index (χ1n) is 5.82. The molecule has 2 rings (SSSR count). The molecular formula is C11H14N6O3. The average Bonchev–Trinajstić information content (AvgIpc) is 2.85. The minimum Gasteiger partial charge on any atom is -0.444 e. The molecule has 0 aliphatic rings. The number of aromatic nitrogens is 2. The maximum absolute atomic E-state index is 11.0. The topological polar surface area (TPSA) is 132 Å². The molecule has 4 N–H and O–H groups in total. The van der Waals surface area contributed by atoms with Crippen LogP contribution in [0.2, 0.25) is 0 Å². The number of hydrogen-bond donors (Lipinski definition) is 3. The number of oxazole rings is 1. The standard InChI is InChI=1S/C11H14N6O3/c1-6-5-13-11(20-6)7(2)14-10-8(17(18)19)3-4-9(15-10)16-12/h3-5,7H,12H2,1-2H3,(H2,14,15,16). The van der Waals surface area contributed by atoms with Crippen LogP contribution in [-0.2, 0) is 0 Å². The Morgan fingerprint density at radius 2 is 2.25 bits per heavy atom. The zero-order chi connectivity index (χ0) is 14.7.